The lowest BCUT2D eigenvalue weighted by Gasteiger charge is -2.09. The van der Waals surface area contributed by atoms with Crippen LogP contribution in [0.15, 0.2) is 36.7 Å². The van der Waals surface area contributed by atoms with E-state index in [0.29, 0.717) is 6.54 Å². The molecule has 0 unspecified atom stereocenters. The van der Waals surface area contributed by atoms with Gasteiger partial charge < -0.3 is 5.32 Å². The number of carbonyl (C=O) groups excluding carboxylic acids is 1. The van der Waals surface area contributed by atoms with Gasteiger partial charge in [-0.25, -0.2) is 4.68 Å². The normalized spacial score (nSPS) is 10.3. The Hall–Kier alpha value is -1.81. The second-order valence-electron chi connectivity index (χ2n) is 3.97. The Bertz CT molecular complexity index is 537. The standard InChI is InChI=1S/C13H14ClN3O/c1-10-7-12(17-6-2-5-16-17)4-3-11(10)9-15-13(18)8-14/h2-7H,8-9H2,1H3,(H,15,18). The van der Waals surface area contributed by atoms with Crippen LogP contribution in [0.1, 0.15) is 11.1 Å². The number of carbonyl (C=O) groups is 1. The Labute approximate surface area is 111 Å². The lowest BCUT2D eigenvalue weighted by Crippen LogP contribution is -2.24. The molecule has 0 atom stereocenters. The molecule has 1 aromatic heterocycles. The minimum Gasteiger partial charge on any atom is -0.351 e. The van der Waals surface area contributed by atoms with Crippen molar-refractivity contribution >= 4 is 17.5 Å². The van der Waals surface area contributed by atoms with Crippen molar-refractivity contribution in [3.05, 3.63) is 47.8 Å². The van der Waals surface area contributed by atoms with Gasteiger partial charge in [0.15, 0.2) is 0 Å². The van der Waals surface area contributed by atoms with E-state index in [4.69, 9.17) is 11.6 Å². The van der Waals surface area contributed by atoms with Crippen molar-refractivity contribution in [2.45, 2.75) is 13.5 Å². The van der Waals surface area contributed by atoms with E-state index in [1.807, 2.05) is 37.4 Å². The number of nitrogens with one attached hydrogen (secondary N) is 1. The number of benzene rings is 1. The van der Waals surface area contributed by atoms with Gasteiger partial charge in [-0.05, 0) is 36.2 Å². The fourth-order valence-electron chi connectivity index (χ4n) is 1.68. The molecule has 0 spiro atoms. The van der Waals surface area contributed by atoms with Gasteiger partial charge in [0.05, 0.1) is 5.69 Å². The molecule has 0 saturated carbocycles. The van der Waals surface area contributed by atoms with Crippen LogP contribution < -0.4 is 5.32 Å². The molecule has 1 N–H and O–H groups in total. The van der Waals surface area contributed by atoms with Crippen LogP contribution in [0.2, 0.25) is 0 Å². The van der Waals surface area contributed by atoms with Crippen LogP contribution in [0.5, 0.6) is 0 Å². The summed E-state index contributed by atoms with van der Waals surface area (Å²) in [5, 5.41) is 6.92. The van der Waals surface area contributed by atoms with Gasteiger partial charge in [-0.1, -0.05) is 6.07 Å². The van der Waals surface area contributed by atoms with Crippen molar-refractivity contribution in [1.29, 1.82) is 0 Å². The van der Waals surface area contributed by atoms with Gasteiger partial charge in [0, 0.05) is 18.9 Å². The summed E-state index contributed by atoms with van der Waals surface area (Å²) >= 11 is 5.43. The van der Waals surface area contributed by atoms with Crippen molar-refractivity contribution in [3.63, 3.8) is 0 Å². The molecule has 0 fully saturated rings. The zero-order valence-corrected chi connectivity index (χ0v) is 10.8. The topological polar surface area (TPSA) is 46.9 Å². The van der Waals surface area contributed by atoms with Crippen LogP contribution in [0.4, 0.5) is 0 Å². The van der Waals surface area contributed by atoms with E-state index >= 15 is 0 Å². The first-order chi connectivity index (χ1) is 8.70. The molecule has 0 aliphatic rings. The molecular formula is C13H14ClN3O. The molecule has 2 rings (SSSR count). The van der Waals surface area contributed by atoms with Crippen molar-refractivity contribution in [2.24, 2.45) is 0 Å². The summed E-state index contributed by atoms with van der Waals surface area (Å²) in [7, 11) is 0. The maximum Gasteiger partial charge on any atom is 0.235 e. The first-order valence-electron chi connectivity index (χ1n) is 5.63. The molecule has 1 amide bonds. The number of aryl methyl sites for hydroxylation is 1. The molecular weight excluding hydrogens is 250 g/mol. The zero-order valence-electron chi connectivity index (χ0n) is 10.1. The quantitative estimate of drug-likeness (QED) is 0.858. The summed E-state index contributed by atoms with van der Waals surface area (Å²) in [6.07, 6.45) is 3.63. The molecule has 0 aliphatic heterocycles. The molecule has 1 aromatic carbocycles. The van der Waals surface area contributed by atoms with Crippen molar-refractivity contribution in [1.82, 2.24) is 15.1 Å². The molecule has 0 radical (unpaired) electrons. The second-order valence-corrected chi connectivity index (χ2v) is 4.24. The first kappa shape index (κ1) is 12.6. The fraction of sp³-hybridized carbons (Fsp3) is 0.231. The highest BCUT2D eigenvalue weighted by molar-refractivity contribution is 6.27. The average molecular weight is 264 g/mol. The van der Waals surface area contributed by atoms with Crippen molar-refractivity contribution in [2.75, 3.05) is 5.88 Å². The van der Waals surface area contributed by atoms with Crippen LogP contribution >= 0.6 is 11.6 Å². The summed E-state index contributed by atoms with van der Waals surface area (Å²) in [6, 6.07) is 7.88. The molecule has 18 heavy (non-hydrogen) atoms. The number of halogens is 1. The third kappa shape index (κ3) is 2.90. The molecule has 4 nitrogen and oxygen atoms in total. The summed E-state index contributed by atoms with van der Waals surface area (Å²) in [5.41, 5.74) is 3.19. The van der Waals surface area contributed by atoms with E-state index in [9.17, 15) is 4.79 Å². The van der Waals surface area contributed by atoms with Crippen LogP contribution in [0.25, 0.3) is 5.69 Å². The van der Waals surface area contributed by atoms with Crippen LogP contribution in [-0.4, -0.2) is 21.6 Å². The number of hydrogen-bond acceptors (Lipinski definition) is 2. The van der Waals surface area contributed by atoms with Gasteiger partial charge in [0.25, 0.3) is 0 Å². The van der Waals surface area contributed by atoms with Gasteiger partial charge in [0.1, 0.15) is 5.88 Å². The minimum atomic E-state index is -0.160. The SMILES string of the molecule is Cc1cc(-n2cccn2)ccc1CNC(=O)CCl. The second kappa shape index (κ2) is 5.69. The van der Waals surface area contributed by atoms with Crippen molar-refractivity contribution < 1.29 is 4.79 Å². The maximum atomic E-state index is 11.1. The van der Waals surface area contributed by atoms with E-state index < -0.39 is 0 Å². The third-order valence-electron chi connectivity index (χ3n) is 2.69. The van der Waals surface area contributed by atoms with Crippen LogP contribution in [-0.2, 0) is 11.3 Å². The van der Waals surface area contributed by atoms with E-state index in [2.05, 4.69) is 10.4 Å². The summed E-state index contributed by atoms with van der Waals surface area (Å²) in [6.45, 7) is 2.51. The highest BCUT2D eigenvalue weighted by Gasteiger charge is 2.04. The van der Waals surface area contributed by atoms with Gasteiger partial charge in [-0.15, -0.1) is 11.6 Å². The van der Waals surface area contributed by atoms with E-state index in [-0.39, 0.29) is 11.8 Å². The summed E-state index contributed by atoms with van der Waals surface area (Å²) in [5.74, 6) is -0.169. The average Bonchev–Trinajstić information content (AvgIpc) is 2.90. The number of aromatic nitrogens is 2. The van der Waals surface area contributed by atoms with Gasteiger partial charge in [-0.2, -0.15) is 5.10 Å². The first-order valence-corrected chi connectivity index (χ1v) is 6.16. The van der Waals surface area contributed by atoms with E-state index in [1.165, 1.54) is 0 Å². The Morgan fingerprint density at radius 3 is 2.94 bits per heavy atom. The highest BCUT2D eigenvalue weighted by atomic mass is 35.5. The van der Waals surface area contributed by atoms with Crippen LogP contribution in [0, 0.1) is 6.92 Å². The third-order valence-corrected chi connectivity index (χ3v) is 2.94. The predicted octanol–water partition coefficient (Wildman–Crippen LogP) is 2.04. The van der Waals surface area contributed by atoms with E-state index in [0.717, 1.165) is 16.8 Å². The molecule has 1 heterocycles. The number of nitrogens with zero attached hydrogens (tertiary/aromatic N) is 2. The highest BCUT2D eigenvalue weighted by Crippen LogP contribution is 2.14. The fourth-order valence-corrected chi connectivity index (χ4v) is 1.78. The Morgan fingerprint density at radius 1 is 1.50 bits per heavy atom. The smallest absolute Gasteiger partial charge is 0.235 e. The summed E-state index contributed by atoms with van der Waals surface area (Å²) < 4.78 is 1.80. The molecule has 0 bridgehead atoms. The Balaban J connectivity index is 2.13. The molecule has 94 valence electrons. The lowest BCUT2D eigenvalue weighted by atomic mass is 10.1. The van der Waals surface area contributed by atoms with E-state index in [1.54, 1.807) is 10.9 Å². The predicted molar refractivity (Wildman–Crippen MR) is 70.9 cm³/mol. The van der Waals surface area contributed by atoms with Gasteiger partial charge in [-0.3, -0.25) is 4.79 Å². The molecule has 2 aromatic rings. The Kier molecular flexibility index (Phi) is 3.99. The number of hydrogen-bond donors (Lipinski definition) is 1. The largest absolute Gasteiger partial charge is 0.351 e. The summed E-state index contributed by atoms with van der Waals surface area (Å²) in [4.78, 5) is 11.1. The molecule has 5 heteroatoms. The lowest BCUT2D eigenvalue weighted by molar-refractivity contribution is -0.118. The minimum absolute atomic E-state index is 0.00951. The number of amides is 1. The number of alkyl halides is 1. The van der Waals surface area contributed by atoms with Gasteiger partial charge in [0.2, 0.25) is 5.91 Å². The zero-order chi connectivity index (χ0) is 13.0. The maximum absolute atomic E-state index is 11.1. The number of rotatable bonds is 4. The molecule has 0 aliphatic carbocycles. The van der Waals surface area contributed by atoms with Crippen molar-refractivity contribution in [3.8, 4) is 5.69 Å². The molecule has 0 saturated heterocycles. The Morgan fingerprint density at radius 2 is 2.33 bits per heavy atom. The monoisotopic (exact) mass is 263 g/mol. The van der Waals surface area contributed by atoms with Gasteiger partial charge >= 0.3 is 0 Å². The van der Waals surface area contributed by atoms with Crippen LogP contribution in [0.3, 0.4) is 0 Å².